The van der Waals surface area contributed by atoms with Crippen LogP contribution in [0, 0.1) is 0 Å². The van der Waals surface area contributed by atoms with Gasteiger partial charge in [-0.25, -0.2) is 8.42 Å². The van der Waals surface area contributed by atoms with Crippen molar-refractivity contribution in [3.05, 3.63) is 78.4 Å². The number of methoxy groups -OCH3 is 3. The zero-order chi connectivity index (χ0) is 31.7. The van der Waals surface area contributed by atoms with Crippen molar-refractivity contribution in [2.75, 3.05) is 32.2 Å². The van der Waals surface area contributed by atoms with Gasteiger partial charge >= 0.3 is 0 Å². The van der Waals surface area contributed by atoms with Gasteiger partial charge in [0.25, 0.3) is 10.0 Å². The van der Waals surface area contributed by atoms with Gasteiger partial charge < -0.3 is 24.4 Å². The summed E-state index contributed by atoms with van der Waals surface area (Å²) < 4.78 is 45.3. The zero-order valence-electron chi connectivity index (χ0n) is 25.7. The first kappa shape index (κ1) is 32.7. The van der Waals surface area contributed by atoms with Crippen molar-refractivity contribution < 1.29 is 32.2 Å². The summed E-state index contributed by atoms with van der Waals surface area (Å²) in [6, 6.07) is 19.1. The molecule has 1 N–H and O–H groups in total. The molecule has 44 heavy (non-hydrogen) atoms. The molecule has 0 saturated heterocycles. The molecule has 0 heterocycles. The maximum absolute atomic E-state index is 14.3. The fraction of sp³-hybridized carbons (Fsp3) is 0.394. The maximum Gasteiger partial charge on any atom is 0.264 e. The highest BCUT2D eigenvalue weighted by molar-refractivity contribution is 7.92. The lowest BCUT2D eigenvalue weighted by atomic mass is 10.1. The molecule has 2 amide bonds. The van der Waals surface area contributed by atoms with Crippen LogP contribution in [0.25, 0.3) is 0 Å². The number of hydrogen-bond acceptors (Lipinski definition) is 7. The van der Waals surface area contributed by atoms with Crippen molar-refractivity contribution in [3.8, 4) is 17.2 Å². The molecule has 0 bridgehead atoms. The summed E-state index contributed by atoms with van der Waals surface area (Å²) in [6.45, 7) is 1.40. The summed E-state index contributed by atoms with van der Waals surface area (Å²) in [5.41, 5.74) is 0.988. The van der Waals surface area contributed by atoms with Crippen LogP contribution >= 0.6 is 0 Å². The Balaban J connectivity index is 1.74. The molecule has 1 atom stereocenters. The smallest absolute Gasteiger partial charge is 0.264 e. The summed E-state index contributed by atoms with van der Waals surface area (Å²) in [5, 5.41) is 3.12. The fourth-order valence-electron chi connectivity index (χ4n) is 5.44. The van der Waals surface area contributed by atoms with Crippen LogP contribution in [0.5, 0.6) is 17.2 Å². The maximum atomic E-state index is 14.3. The number of carbonyl (C=O) groups is 2. The van der Waals surface area contributed by atoms with Crippen molar-refractivity contribution in [1.82, 2.24) is 10.2 Å². The molecule has 0 aliphatic heterocycles. The van der Waals surface area contributed by atoms with Crippen LogP contribution in [0.4, 0.5) is 5.69 Å². The molecule has 1 aliphatic carbocycles. The predicted molar refractivity (Wildman–Crippen MR) is 169 cm³/mol. The molecular formula is C33H41N3O7S. The van der Waals surface area contributed by atoms with E-state index in [0.717, 1.165) is 35.6 Å². The minimum absolute atomic E-state index is 0.0234. The molecule has 0 spiro atoms. The molecule has 1 fully saturated rings. The van der Waals surface area contributed by atoms with Crippen molar-refractivity contribution in [2.24, 2.45) is 0 Å². The van der Waals surface area contributed by atoms with E-state index in [1.807, 2.05) is 19.1 Å². The molecule has 0 radical (unpaired) electrons. The summed E-state index contributed by atoms with van der Waals surface area (Å²) in [6.07, 6.45) is 4.25. The van der Waals surface area contributed by atoms with Crippen LogP contribution in [-0.4, -0.2) is 65.1 Å². The van der Waals surface area contributed by atoms with E-state index in [-0.39, 0.29) is 29.1 Å². The Morgan fingerprint density at radius 3 is 2.14 bits per heavy atom. The van der Waals surface area contributed by atoms with E-state index >= 15 is 0 Å². The van der Waals surface area contributed by atoms with Gasteiger partial charge in [-0.15, -0.1) is 0 Å². The molecule has 1 saturated carbocycles. The highest BCUT2D eigenvalue weighted by atomic mass is 32.2. The fourth-order valence-corrected chi connectivity index (χ4v) is 6.87. The predicted octanol–water partition coefficient (Wildman–Crippen LogP) is 4.77. The highest BCUT2D eigenvalue weighted by Crippen LogP contribution is 2.34. The highest BCUT2D eigenvalue weighted by Gasteiger charge is 2.35. The Kier molecular flexibility index (Phi) is 11.1. The SMILES string of the molecule is CCC(C(=O)NC1CCCC1)N(Cc1ccc(OC)cc1)C(=O)CN(c1ccc(OC)c(OC)c1)S(=O)(=O)c1ccccc1. The molecule has 1 aliphatic rings. The number of benzene rings is 3. The van der Waals surface area contributed by atoms with Gasteiger partial charge in [0.15, 0.2) is 11.5 Å². The van der Waals surface area contributed by atoms with Gasteiger partial charge in [-0.2, -0.15) is 0 Å². The molecule has 1 unspecified atom stereocenters. The summed E-state index contributed by atoms with van der Waals surface area (Å²) >= 11 is 0. The first-order valence-electron chi connectivity index (χ1n) is 14.7. The molecule has 3 aromatic carbocycles. The molecule has 0 aromatic heterocycles. The Morgan fingerprint density at radius 2 is 1.55 bits per heavy atom. The number of carbonyl (C=O) groups excluding carboxylic acids is 2. The second-order valence-electron chi connectivity index (χ2n) is 10.6. The lowest BCUT2D eigenvalue weighted by molar-refractivity contribution is -0.140. The van der Waals surface area contributed by atoms with E-state index in [0.29, 0.717) is 23.7 Å². The van der Waals surface area contributed by atoms with Gasteiger partial charge in [-0.05, 0) is 61.2 Å². The average Bonchev–Trinajstić information content (AvgIpc) is 3.56. The van der Waals surface area contributed by atoms with Crippen LogP contribution in [0.2, 0.25) is 0 Å². The number of nitrogens with zero attached hydrogens (tertiary/aromatic N) is 2. The lowest BCUT2D eigenvalue weighted by Crippen LogP contribution is -2.53. The van der Waals surface area contributed by atoms with Crippen molar-refractivity contribution >= 4 is 27.5 Å². The molecule has 4 rings (SSSR count). The topological polar surface area (TPSA) is 114 Å². The van der Waals surface area contributed by atoms with Crippen LogP contribution < -0.4 is 23.8 Å². The largest absolute Gasteiger partial charge is 0.497 e. The van der Waals surface area contributed by atoms with Gasteiger partial charge in [0.2, 0.25) is 11.8 Å². The third-order valence-corrected chi connectivity index (χ3v) is 9.65. The number of amides is 2. The van der Waals surface area contributed by atoms with Crippen LogP contribution in [0.3, 0.4) is 0 Å². The normalized spacial score (nSPS) is 14.0. The Bertz CT molecular complexity index is 1510. The second kappa shape index (κ2) is 15.0. The van der Waals surface area contributed by atoms with Crippen LogP contribution in [-0.2, 0) is 26.2 Å². The number of ether oxygens (including phenoxy) is 3. The lowest BCUT2D eigenvalue weighted by Gasteiger charge is -2.34. The summed E-state index contributed by atoms with van der Waals surface area (Å²) in [4.78, 5) is 29.4. The molecule has 10 nitrogen and oxygen atoms in total. The number of nitrogens with one attached hydrogen (secondary N) is 1. The van der Waals surface area contributed by atoms with Gasteiger partial charge in [0.05, 0.1) is 31.9 Å². The minimum atomic E-state index is -4.21. The molecular weight excluding hydrogens is 582 g/mol. The van der Waals surface area contributed by atoms with E-state index < -0.39 is 28.5 Å². The summed E-state index contributed by atoms with van der Waals surface area (Å²) in [5.74, 6) is 0.609. The third kappa shape index (κ3) is 7.63. The first-order valence-corrected chi connectivity index (χ1v) is 16.2. The monoisotopic (exact) mass is 623 g/mol. The molecule has 236 valence electrons. The standard InChI is InChI=1S/C33H41N3O7S/c1-5-29(33(38)34-25-11-9-10-12-25)35(22-24-15-18-27(41-2)19-16-24)32(37)23-36(44(39,40)28-13-7-6-8-14-28)26-17-20-30(42-3)31(21-26)43-4/h6-8,13-21,25,29H,5,9-12,22-23H2,1-4H3,(H,34,38). The second-order valence-corrected chi connectivity index (χ2v) is 12.5. The van der Waals surface area contributed by atoms with Gasteiger partial charge in [-0.3, -0.25) is 13.9 Å². The quantitative estimate of drug-likeness (QED) is 0.275. The van der Waals surface area contributed by atoms with Crippen molar-refractivity contribution in [1.29, 1.82) is 0 Å². The Hall–Kier alpha value is -4.25. The Labute approximate surface area is 260 Å². The average molecular weight is 624 g/mol. The van der Waals surface area contributed by atoms with E-state index in [9.17, 15) is 18.0 Å². The Morgan fingerprint density at radius 1 is 0.886 bits per heavy atom. The van der Waals surface area contributed by atoms with Gasteiger partial charge in [-0.1, -0.05) is 50.1 Å². The molecule has 3 aromatic rings. The minimum Gasteiger partial charge on any atom is -0.497 e. The molecule has 11 heteroatoms. The van der Waals surface area contributed by atoms with E-state index in [2.05, 4.69) is 5.32 Å². The van der Waals surface area contributed by atoms with Gasteiger partial charge in [0.1, 0.15) is 18.3 Å². The van der Waals surface area contributed by atoms with Gasteiger partial charge in [0, 0.05) is 18.7 Å². The number of hydrogen-bond donors (Lipinski definition) is 1. The third-order valence-electron chi connectivity index (χ3n) is 7.86. The number of anilines is 1. The zero-order valence-corrected chi connectivity index (χ0v) is 26.5. The van der Waals surface area contributed by atoms with E-state index in [1.54, 1.807) is 49.6 Å². The van der Waals surface area contributed by atoms with E-state index in [1.165, 1.54) is 37.3 Å². The van der Waals surface area contributed by atoms with Crippen LogP contribution in [0.1, 0.15) is 44.6 Å². The van der Waals surface area contributed by atoms with Crippen molar-refractivity contribution in [2.45, 2.75) is 62.6 Å². The van der Waals surface area contributed by atoms with E-state index in [4.69, 9.17) is 14.2 Å². The van der Waals surface area contributed by atoms with Crippen LogP contribution in [0.15, 0.2) is 77.7 Å². The first-order chi connectivity index (χ1) is 21.2. The number of rotatable bonds is 14. The number of sulfonamides is 1. The summed E-state index contributed by atoms with van der Waals surface area (Å²) in [7, 11) is 0.299. The van der Waals surface area contributed by atoms with Crippen molar-refractivity contribution in [3.63, 3.8) is 0 Å².